The molecule has 2 N–H and O–H groups in total. The highest BCUT2D eigenvalue weighted by molar-refractivity contribution is 9.10. The molecule has 0 aliphatic rings. The van der Waals surface area contributed by atoms with Crippen LogP contribution in [0.4, 0.5) is 11.4 Å². The Labute approximate surface area is 124 Å². The van der Waals surface area contributed by atoms with Crippen LogP contribution < -0.4 is 5.32 Å². The van der Waals surface area contributed by atoms with E-state index >= 15 is 0 Å². The Morgan fingerprint density at radius 3 is 2.95 bits per heavy atom. The van der Waals surface area contributed by atoms with Crippen molar-refractivity contribution in [2.24, 2.45) is 0 Å². The Hall–Kier alpha value is -1.96. The summed E-state index contributed by atoms with van der Waals surface area (Å²) in [6.07, 6.45) is 3.17. The van der Waals surface area contributed by atoms with Crippen molar-refractivity contribution in [1.82, 2.24) is 15.2 Å². The molecule has 2 rings (SSSR count). The third kappa shape index (κ3) is 3.53. The van der Waals surface area contributed by atoms with Crippen LogP contribution in [0.2, 0.25) is 0 Å². The number of nitrogens with zero attached hydrogens (tertiary/aromatic N) is 3. The molecular formula is C12H14BrN5O2. The normalized spacial score (nSPS) is 10.5. The summed E-state index contributed by atoms with van der Waals surface area (Å²) in [5, 5.41) is 20.7. The summed E-state index contributed by atoms with van der Waals surface area (Å²) >= 11 is 3.34. The summed E-state index contributed by atoms with van der Waals surface area (Å²) < 4.78 is 0.689. The molecule has 0 spiro atoms. The molecule has 0 unspecified atom stereocenters. The number of nitro groups is 1. The molecule has 0 aliphatic carbocycles. The lowest BCUT2D eigenvalue weighted by molar-refractivity contribution is -0.385. The molecule has 8 heteroatoms. The first kappa shape index (κ1) is 14.4. The van der Waals surface area contributed by atoms with Gasteiger partial charge < -0.3 is 5.32 Å². The molecule has 20 heavy (non-hydrogen) atoms. The second-order valence-corrected chi connectivity index (χ2v) is 5.19. The van der Waals surface area contributed by atoms with E-state index in [1.807, 2.05) is 0 Å². The third-order valence-corrected chi connectivity index (χ3v) is 3.51. The van der Waals surface area contributed by atoms with Crippen molar-refractivity contribution in [3.8, 4) is 0 Å². The van der Waals surface area contributed by atoms with Gasteiger partial charge in [-0.1, -0.05) is 0 Å². The molecule has 0 saturated heterocycles. The smallest absolute Gasteiger partial charge is 0.273 e. The minimum Gasteiger partial charge on any atom is -0.384 e. The number of aryl methyl sites for hydroxylation is 2. The molecule has 1 aromatic carbocycles. The number of hydrogen-bond acceptors (Lipinski definition) is 5. The lowest BCUT2D eigenvalue weighted by Gasteiger charge is -2.09. The Morgan fingerprint density at radius 2 is 2.30 bits per heavy atom. The van der Waals surface area contributed by atoms with E-state index in [4.69, 9.17) is 0 Å². The number of rotatable bonds is 6. The molecule has 106 valence electrons. The van der Waals surface area contributed by atoms with Gasteiger partial charge in [-0.3, -0.25) is 15.2 Å². The summed E-state index contributed by atoms with van der Waals surface area (Å²) in [4.78, 5) is 14.5. The second kappa shape index (κ2) is 6.47. The van der Waals surface area contributed by atoms with Crippen LogP contribution in [0.15, 0.2) is 22.9 Å². The zero-order valence-electron chi connectivity index (χ0n) is 10.9. The van der Waals surface area contributed by atoms with Gasteiger partial charge >= 0.3 is 0 Å². The number of H-pyrrole nitrogens is 1. The Kier molecular flexibility index (Phi) is 4.67. The Balaban J connectivity index is 1.92. The number of hydrogen-bond donors (Lipinski definition) is 2. The number of halogens is 1. The van der Waals surface area contributed by atoms with E-state index in [1.165, 1.54) is 12.4 Å². The first-order chi connectivity index (χ1) is 9.58. The molecule has 0 aliphatic heterocycles. The molecule has 2 aromatic rings. The minimum atomic E-state index is -0.381. The van der Waals surface area contributed by atoms with E-state index in [0.29, 0.717) is 10.0 Å². The number of anilines is 1. The maximum atomic E-state index is 10.8. The second-order valence-electron chi connectivity index (χ2n) is 4.34. The van der Waals surface area contributed by atoms with Crippen LogP contribution in [-0.4, -0.2) is 26.6 Å². The number of benzene rings is 1. The van der Waals surface area contributed by atoms with Gasteiger partial charge in [-0.2, -0.15) is 5.10 Å². The maximum Gasteiger partial charge on any atom is 0.273 e. The zero-order valence-corrected chi connectivity index (χ0v) is 12.5. The first-order valence-electron chi connectivity index (χ1n) is 6.10. The fourth-order valence-corrected chi connectivity index (χ4v) is 2.30. The molecular weight excluding hydrogens is 326 g/mol. The van der Waals surface area contributed by atoms with E-state index in [-0.39, 0.29) is 10.6 Å². The van der Waals surface area contributed by atoms with Crippen molar-refractivity contribution >= 4 is 27.3 Å². The summed E-state index contributed by atoms with van der Waals surface area (Å²) in [6.45, 7) is 2.47. The van der Waals surface area contributed by atoms with E-state index in [9.17, 15) is 10.1 Å². The summed E-state index contributed by atoms with van der Waals surface area (Å²) in [7, 11) is 0. The molecule has 0 fully saturated rings. The van der Waals surface area contributed by atoms with Crippen molar-refractivity contribution in [3.05, 3.63) is 44.4 Å². The largest absolute Gasteiger partial charge is 0.384 e. The average Bonchev–Trinajstić information content (AvgIpc) is 2.90. The van der Waals surface area contributed by atoms with Gasteiger partial charge in [0, 0.05) is 34.8 Å². The molecule has 0 saturated carbocycles. The first-order valence-corrected chi connectivity index (χ1v) is 6.90. The van der Waals surface area contributed by atoms with Crippen LogP contribution in [-0.2, 0) is 6.42 Å². The average molecular weight is 340 g/mol. The number of nitrogens with one attached hydrogen (secondary N) is 2. The van der Waals surface area contributed by atoms with Gasteiger partial charge in [0.1, 0.15) is 12.2 Å². The zero-order chi connectivity index (χ0) is 14.5. The maximum absolute atomic E-state index is 10.8. The van der Waals surface area contributed by atoms with Gasteiger partial charge in [0.05, 0.1) is 4.92 Å². The molecule has 1 heterocycles. The van der Waals surface area contributed by atoms with Gasteiger partial charge in [0.25, 0.3) is 5.69 Å². The van der Waals surface area contributed by atoms with Crippen molar-refractivity contribution in [2.75, 3.05) is 11.9 Å². The fraction of sp³-hybridized carbons (Fsp3) is 0.333. The Morgan fingerprint density at radius 1 is 1.50 bits per heavy atom. The van der Waals surface area contributed by atoms with Gasteiger partial charge in [-0.05, 0) is 35.3 Å². The van der Waals surface area contributed by atoms with Crippen molar-refractivity contribution in [3.63, 3.8) is 0 Å². The third-order valence-electron chi connectivity index (χ3n) is 2.85. The van der Waals surface area contributed by atoms with Gasteiger partial charge in [-0.25, -0.2) is 4.98 Å². The number of aromatic amines is 1. The predicted molar refractivity (Wildman–Crippen MR) is 78.7 cm³/mol. The van der Waals surface area contributed by atoms with Crippen LogP contribution in [0.1, 0.15) is 17.8 Å². The summed E-state index contributed by atoms with van der Waals surface area (Å²) in [5.74, 6) is 0.853. The lowest BCUT2D eigenvalue weighted by Crippen LogP contribution is -2.05. The molecule has 0 atom stereocenters. The van der Waals surface area contributed by atoms with Crippen LogP contribution in [0.3, 0.4) is 0 Å². The van der Waals surface area contributed by atoms with Crippen molar-refractivity contribution < 1.29 is 4.92 Å². The van der Waals surface area contributed by atoms with Crippen LogP contribution in [0.5, 0.6) is 0 Å². The van der Waals surface area contributed by atoms with Gasteiger partial charge in [0.15, 0.2) is 0 Å². The Bertz CT molecular complexity index is 600. The lowest BCUT2D eigenvalue weighted by atomic mass is 10.2. The molecule has 1 aromatic heterocycles. The van der Waals surface area contributed by atoms with Crippen LogP contribution >= 0.6 is 15.9 Å². The molecule has 0 amide bonds. The van der Waals surface area contributed by atoms with E-state index in [0.717, 1.165) is 30.9 Å². The van der Waals surface area contributed by atoms with Gasteiger partial charge in [0.2, 0.25) is 0 Å². The SMILES string of the molecule is Cc1cc(NCCCc2ncn[nH]2)c(Br)cc1[N+](=O)[O-]. The quantitative estimate of drug-likeness (QED) is 0.479. The highest BCUT2D eigenvalue weighted by Gasteiger charge is 2.13. The molecule has 7 nitrogen and oxygen atoms in total. The van der Waals surface area contributed by atoms with E-state index in [2.05, 4.69) is 36.4 Å². The van der Waals surface area contributed by atoms with Crippen LogP contribution in [0, 0.1) is 17.0 Å². The topological polar surface area (TPSA) is 96.7 Å². The summed E-state index contributed by atoms with van der Waals surface area (Å²) in [6, 6.07) is 3.30. The highest BCUT2D eigenvalue weighted by Crippen LogP contribution is 2.30. The minimum absolute atomic E-state index is 0.115. The van der Waals surface area contributed by atoms with Gasteiger partial charge in [-0.15, -0.1) is 0 Å². The summed E-state index contributed by atoms with van der Waals surface area (Å²) in [5.41, 5.74) is 1.60. The number of aromatic nitrogens is 3. The van der Waals surface area contributed by atoms with Crippen LogP contribution in [0.25, 0.3) is 0 Å². The van der Waals surface area contributed by atoms with Crippen molar-refractivity contribution in [1.29, 1.82) is 0 Å². The highest BCUT2D eigenvalue weighted by atomic mass is 79.9. The predicted octanol–water partition coefficient (Wildman–Crippen LogP) is 2.83. The van der Waals surface area contributed by atoms with E-state index in [1.54, 1.807) is 13.0 Å². The fourth-order valence-electron chi connectivity index (χ4n) is 1.83. The molecule has 0 radical (unpaired) electrons. The molecule has 0 bridgehead atoms. The number of nitro benzene ring substituents is 1. The monoisotopic (exact) mass is 339 g/mol. The van der Waals surface area contributed by atoms with Crippen molar-refractivity contribution in [2.45, 2.75) is 19.8 Å². The standard InChI is InChI=1S/C12H14BrN5O2/c1-8-5-10(9(13)6-11(8)18(19)20)14-4-2-3-12-15-7-16-17-12/h5-7,14H,2-4H2,1H3,(H,15,16,17). The van der Waals surface area contributed by atoms with E-state index < -0.39 is 0 Å².